The molecule has 1 heterocycles. The minimum Gasteiger partial charge on any atom is -0.354 e. The summed E-state index contributed by atoms with van der Waals surface area (Å²) >= 11 is 17.2. The summed E-state index contributed by atoms with van der Waals surface area (Å²) < 4.78 is 3.57. The topological polar surface area (TPSA) is 51.2 Å². The first kappa shape index (κ1) is 15.5. The fourth-order valence-electron chi connectivity index (χ4n) is 1.15. The molecule has 7 heteroatoms. The van der Waals surface area contributed by atoms with E-state index in [0.717, 1.165) is 6.42 Å². The van der Waals surface area contributed by atoms with Gasteiger partial charge in [0.15, 0.2) is 6.23 Å². The van der Waals surface area contributed by atoms with Gasteiger partial charge in [-0.05, 0) is 18.6 Å². The molecule has 0 aliphatic heterocycles. The number of amides is 1. The number of carbonyl (C=O) groups is 1. The van der Waals surface area contributed by atoms with Crippen LogP contribution in [0.2, 0.25) is 0 Å². The first-order valence-electron chi connectivity index (χ1n) is 5.34. The zero-order valence-corrected chi connectivity index (χ0v) is 12.0. The van der Waals surface area contributed by atoms with Gasteiger partial charge in [-0.15, -0.1) is 0 Å². The molecule has 100 valence electrons. The quantitative estimate of drug-likeness (QED) is 0.672. The predicted molar refractivity (Wildman–Crippen MR) is 72.0 cm³/mol. The summed E-state index contributed by atoms with van der Waals surface area (Å²) in [7, 11) is 0. The first-order chi connectivity index (χ1) is 8.45. The second-order valence-corrected chi connectivity index (χ2v) is 5.88. The molecule has 1 amide bonds. The van der Waals surface area contributed by atoms with E-state index in [1.165, 1.54) is 6.20 Å². The van der Waals surface area contributed by atoms with Gasteiger partial charge in [0.05, 0.1) is 5.56 Å². The van der Waals surface area contributed by atoms with E-state index in [-0.39, 0.29) is 0 Å². The average Bonchev–Trinajstić information content (AvgIpc) is 2.34. The minimum absolute atomic E-state index is 0.372. The number of aromatic nitrogens is 1. The lowest BCUT2D eigenvalue weighted by atomic mass is 10.3. The number of hydrogen-bond acceptors (Lipinski definition) is 3. The summed E-state index contributed by atoms with van der Waals surface area (Å²) in [6.07, 6.45) is 2.73. The van der Waals surface area contributed by atoms with Crippen molar-refractivity contribution < 1.29 is 9.53 Å². The van der Waals surface area contributed by atoms with Gasteiger partial charge in [-0.1, -0.05) is 41.7 Å². The molecule has 0 saturated carbocycles. The Hall–Kier alpha value is -0.550. The largest absolute Gasteiger partial charge is 0.354 e. The first-order valence-corrected chi connectivity index (χ1v) is 6.47. The smallest absolute Gasteiger partial charge is 0.254 e. The van der Waals surface area contributed by atoms with Crippen LogP contribution in [0.4, 0.5) is 0 Å². The Balaban J connectivity index is 2.69. The molecule has 0 aliphatic rings. The van der Waals surface area contributed by atoms with Crippen LogP contribution in [0.25, 0.3) is 0 Å². The highest BCUT2D eigenvalue weighted by molar-refractivity contribution is 6.68. The van der Waals surface area contributed by atoms with Crippen LogP contribution in [-0.4, -0.2) is 27.5 Å². The van der Waals surface area contributed by atoms with Crippen molar-refractivity contribution in [1.29, 1.82) is 0 Å². The lowest BCUT2D eigenvalue weighted by molar-refractivity contribution is 0.0302. The molecule has 1 unspecified atom stereocenters. The number of carbonyl (C=O) groups excluding carboxylic acids is 1. The lowest BCUT2D eigenvalue weighted by Crippen LogP contribution is -2.45. The molecule has 0 aliphatic carbocycles. The van der Waals surface area contributed by atoms with Crippen LogP contribution < -0.4 is 5.32 Å². The van der Waals surface area contributed by atoms with Crippen LogP contribution >= 0.6 is 34.8 Å². The standard InChI is InChI=1S/C11H13Cl3N2O2/c1-2-6-18-10(11(12,13)14)16-9(17)8-4-3-5-15-7-8/h3-5,7,10H,2,6H2,1H3,(H,16,17). The van der Waals surface area contributed by atoms with E-state index < -0.39 is 15.9 Å². The molecule has 1 rings (SSSR count). The fourth-order valence-corrected chi connectivity index (χ4v) is 1.51. The van der Waals surface area contributed by atoms with Gasteiger partial charge in [0.2, 0.25) is 3.79 Å². The van der Waals surface area contributed by atoms with E-state index in [2.05, 4.69) is 10.3 Å². The third kappa shape index (κ3) is 4.98. The predicted octanol–water partition coefficient (Wildman–Crippen LogP) is 2.93. The summed E-state index contributed by atoms with van der Waals surface area (Å²) in [6, 6.07) is 3.25. The Kier molecular flexibility index (Phi) is 6.15. The molecule has 0 fully saturated rings. The molecule has 0 spiro atoms. The van der Waals surface area contributed by atoms with Gasteiger partial charge in [-0.25, -0.2) is 0 Å². The summed E-state index contributed by atoms with van der Waals surface area (Å²) in [4.78, 5) is 15.7. The maximum atomic E-state index is 11.9. The maximum absolute atomic E-state index is 11.9. The van der Waals surface area contributed by atoms with Crippen molar-refractivity contribution >= 4 is 40.7 Å². The van der Waals surface area contributed by atoms with Crippen molar-refractivity contribution in [3.8, 4) is 0 Å². The lowest BCUT2D eigenvalue weighted by Gasteiger charge is -2.25. The number of nitrogens with one attached hydrogen (secondary N) is 1. The Morgan fingerprint density at radius 3 is 2.78 bits per heavy atom. The van der Waals surface area contributed by atoms with Crippen LogP contribution in [0.5, 0.6) is 0 Å². The summed E-state index contributed by atoms with van der Waals surface area (Å²) in [5, 5.41) is 2.51. The Bertz CT molecular complexity index is 382. The second kappa shape index (κ2) is 7.14. The van der Waals surface area contributed by atoms with Crippen molar-refractivity contribution in [3.05, 3.63) is 30.1 Å². The van der Waals surface area contributed by atoms with E-state index in [0.29, 0.717) is 12.2 Å². The van der Waals surface area contributed by atoms with Gasteiger partial charge in [0.1, 0.15) is 0 Å². The van der Waals surface area contributed by atoms with Gasteiger partial charge >= 0.3 is 0 Å². The van der Waals surface area contributed by atoms with E-state index in [9.17, 15) is 4.79 Å². The normalized spacial score (nSPS) is 13.1. The Labute approximate surface area is 121 Å². The molecule has 0 bridgehead atoms. The molecule has 0 radical (unpaired) electrons. The number of halogens is 3. The van der Waals surface area contributed by atoms with Gasteiger partial charge in [-0.3, -0.25) is 9.78 Å². The molecule has 1 aromatic heterocycles. The second-order valence-electron chi connectivity index (χ2n) is 3.51. The highest BCUT2D eigenvalue weighted by Gasteiger charge is 2.35. The summed E-state index contributed by atoms with van der Waals surface area (Å²) in [5.41, 5.74) is 0.372. The van der Waals surface area contributed by atoms with Crippen molar-refractivity contribution in [3.63, 3.8) is 0 Å². The molecule has 1 N–H and O–H groups in total. The van der Waals surface area contributed by atoms with Crippen LogP contribution in [-0.2, 0) is 4.74 Å². The van der Waals surface area contributed by atoms with Gasteiger partial charge in [0, 0.05) is 19.0 Å². The van der Waals surface area contributed by atoms with Gasteiger partial charge < -0.3 is 10.1 Å². The van der Waals surface area contributed by atoms with Crippen LogP contribution in [0.1, 0.15) is 23.7 Å². The van der Waals surface area contributed by atoms with E-state index in [4.69, 9.17) is 39.5 Å². The highest BCUT2D eigenvalue weighted by atomic mass is 35.6. The molecule has 1 atom stereocenters. The third-order valence-electron chi connectivity index (χ3n) is 1.97. The van der Waals surface area contributed by atoms with Gasteiger partial charge in [0.25, 0.3) is 5.91 Å². The van der Waals surface area contributed by atoms with E-state index in [1.807, 2.05) is 6.92 Å². The van der Waals surface area contributed by atoms with Crippen LogP contribution in [0, 0.1) is 0 Å². The zero-order valence-electron chi connectivity index (χ0n) is 9.70. The number of ether oxygens (including phenoxy) is 1. The fraction of sp³-hybridized carbons (Fsp3) is 0.455. The van der Waals surface area contributed by atoms with Crippen molar-refractivity contribution in [2.75, 3.05) is 6.61 Å². The summed E-state index contributed by atoms with van der Waals surface area (Å²) in [5.74, 6) is -0.407. The average molecular weight is 312 g/mol. The molecule has 0 aromatic carbocycles. The van der Waals surface area contributed by atoms with E-state index in [1.54, 1.807) is 18.3 Å². The number of alkyl halides is 3. The summed E-state index contributed by atoms with van der Waals surface area (Å²) in [6.45, 7) is 2.30. The van der Waals surface area contributed by atoms with Crippen LogP contribution in [0.3, 0.4) is 0 Å². The molecule has 0 saturated heterocycles. The SMILES string of the molecule is CCCOC(NC(=O)c1cccnc1)C(Cl)(Cl)Cl. The monoisotopic (exact) mass is 310 g/mol. The van der Waals surface area contributed by atoms with Crippen molar-refractivity contribution in [2.45, 2.75) is 23.4 Å². The number of nitrogens with zero attached hydrogens (tertiary/aromatic N) is 1. The zero-order chi connectivity index (χ0) is 13.6. The number of pyridine rings is 1. The van der Waals surface area contributed by atoms with Crippen LogP contribution in [0.15, 0.2) is 24.5 Å². The number of rotatable bonds is 5. The molecule has 1 aromatic rings. The maximum Gasteiger partial charge on any atom is 0.254 e. The molecule has 18 heavy (non-hydrogen) atoms. The van der Waals surface area contributed by atoms with Crippen molar-refractivity contribution in [1.82, 2.24) is 10.3 Å². The molecule has 4 nitrogen and oxygen atoms in total. The van der Waals surface area contributed by atoms with Gasteiger partial charge in [-0.2, -0.15) is 0 Å². The molecular formula is C11H13Cl3N2O2. The Morgan fingerprint density at radius 2 is 2.28 bits per heavy atom. The van der Waals surface area contributed by atoms with E-state index >= 15 is 0 Å². The number of hydrogen-bond donors (Lipinski definition) is 1. The minimum atomic E-state index is -1.73. The molecular weight excluding hydrogens is 298 g/mol. The Morgan fingerprint density at radius 1 is 1.56 bits per heavy atom. The van der Waals surface area contributed by atoms with Crippen molar-refractivity contribution in [2.24, 2.45) is 0 Å². The highest BCUT2D eigenvalue weighted by Crippen LogP contribution is 2.31. The third-order valence-corrected chi connectivity index (χ3v) is 2.57.